The molecular weight excluding hydrogens is 369 g/mol. The van der Waals surface area contributed by atoms with Crippen molar-refractivity contribution in [1.82, 2.24) is 10.3 Å². The minimum atomic E-state index is -0.313. The largest absolute Gasteiger partial charge is 0.350 e. The van der Waals surface area contributed by atoms with Gasteiger partial charge in [-0.05, 0) is 31.0 Å². The molecule has 0 spiro atoms. The number of thiazole rings is 1. The molecule has 1 saturated heterocycles. The lowest BCUT2D eigenvalue weighted by atomic mass is 10.2. The molecule has 0 bridgehead atoms. The first kappa shape index (κ1) is 15.4. The summed E-state index contributed by atoms with van der Waals surface area (Å²) in [5.74, 6) is -0.390. The third kappa shape index (κ3) is 3.30. The van der Waals surface area contributed by atoms with Gasteiger partial charge in [0.2, 0.25) is 5.91 Å². The summed E-state index contributed by atoms with van der Waals surface area (Å²) in [6, 6.07) is 4.50. The molecule has 0 aliphatic carbocycles. The number of hydrogen-bond donors (Lipinski definition) is 1. The summed E-state index contributed by atoms with van der Waals surface area (Å²) < 4.78 is 14.5. The Morgan fingerprint density at radius 3 is 3.18 bits per heavy atom. The molecule has 1 unspecified atom stereocenters. The zero-order valence-electron chi connectivity index (χ0n) is 11.8. The lowest BCUT2D eigenvalue weighted by Crippen LogP contribution is -2.43. The van der Waals surface area contributed by atoms with Crippen LogP contribution in [-0.2, 0) is 11.3 Å². The van der Waals surface area contributed by atoms with Crippen molar-refractivity contribution in [3.63, 3.8) is 0 Å². The van der Waals surface area contributed by atoms with Gasteiger partial charge in [0.25, 0.3) is 0 Å². The molecule has 2 aromatic rings. The quantitative estimate of drug-likeness (QED) is 0.880. The van der Waals surface area contributed by atoms with E-state index in [1.54, 1.807) is 18.3 Å². The highest BCUT2D eigenvalue weighted by atomic mass is 79.9. The Kier molecular flexibility index (Phi) is 4.73. The van der Waals surface area contributed by atoms with Crippen LogP contribution in [0.1, 0.15) is 18.4 Å². The SMILES string of the molecule is O=C(NCc1cc(Br)ccc1F)C1CCCN1c1nccs1. The monoisotopic (exact) mass is 383 g/mol. The Balaban J connectivity index is 1.65. The van der Waals surface area contributed by atoms with Gasteiger partial charge in [0.15, 0.2) is 5.13 Å². The molecule has 1 aliphatic heterocycles. The first-order chi connectivity index (χ1) is 10.6. The third-order valence-corrected chi connectivity index (χ3v) is 4.98. The molecule has 7 heteroatoms. The zero-order chi connectivity index (χ0) is 15.5. The van der Waals surface area contributed by atoms with E-state index in [2.05, 4.69) is 26.2 Å². The lowest BCUT2D eigenvalue weighted by Gasteiger charge is -2.23. The summed E-state index contributed by atoms with van der Waals surface area (Å²) in [6.45, 7) is 1.02. The van der Waals surface area contributed by atoms with Crippen molar-refractivity contribution in [3.8, 4) is 0 Å². The standard InChI is InChI=1S/C15H15BrFN3OS/c16-11-3-4-12(17)10(8-11)9-19-14(21)13-2-1-6-20(13)15-18-5-7-22-15/h3-5,7-8,13H,1-2,6,9H2,(H,19,21). The molecule has 0 saturated carbocycles. The summed E-state index contributed by atoms with van der Waals surface area (Å²) in [5, 5.41) is 5.61. The van der Waals surface area contributed by atoms with Crippen molar-refractivity contribution in [2.45, 2.75) is 25.4 Å². The van der Waals surface area contributed by atoms with Crippen molar-refractivity contribution in [2.75, 3.05) is 11.4 Å². The van der Waals surface area contributed by atoms with Gasteiger partial charge in [0.05, 0.1) is 0 Å². The Bertz CT molecular complexity index is 665. The van der Waals surface area contributed by atoms with E-state index in [4.69, 9.17) is 0 Å². The van der Waals surface area contributed by atoms with E-state index in [0.29, 0.717) is 5.56 Å². The number of benzene rings is 1. The molecule has 1 N–H and O–H groups in total. The molecular formula is C15H15BrFN3OS. The fourth-order valence-electron chi connectivity index (χ4n) is 2.60. The maximum Gasteiger partial charge on any atom is 0.243 e. The van der Waals surface area contributed by atoms with E-state index in [1.165, 1.54) is 17.4 Å². The summed E-state index contributed by atoms with van der Waals surface area (Å²) in [5.41, 5.74) is 0.474. The Morgan fingerprint density at radius 2 is 2.41 bits per heavy atom. The summed E-state index contributed by atoms with van der Waals surface area (Å²) in [6.07, 6.45) is 3.50. The van der Waals surface area contributed by atoms with E-state index >= 15 is 0 Å². The molecule has 1 aromatic carbocycles. The number of nitrogens with zero attached hydrogens (tertiary/aromatic N) is 2. The van der Waals surface area contributed by atoms with Gasteiger partial charge in [0.1, 0.15) is 11.9 Å². The second-order valence-electron chi connectivity index (χ2n) is 5.12. The van der Waals surface area contributed by atoms with E-state index in [1.807, 2.05) is 10.3 Å². The number of hydrogen-bond acceptors (Lipinski definition) is 4. The highest BCUT2D eigenvalue weighted by Crippen LogP contribution is 2.27. The van der Waals surface area contributed by atoms with Gasteiger partial charge in [-0.3, -0.25) is 4.79 Å². The first-order valence-corrected chi connectivity index (χ1v) is 8.70. The maximum atomic E-state index is 13.7. The lowest BCUT2D eigenvalue weighted by molar-refractivity contribution is -0.122. The number of halogens is 2. The van der Waals surface area contributed by atoms with Crippen molar-refractivity contribution in [1.29, 1.82) is 0 Å². The van der Waals surface area contributed by atoms with E-state index in [-0.39, 0.29) is 24.3 Å². The van der Waals surface area contributed by atoms with E-state index < -0.39 is 0 Å². The summed E-state index contributed by atoms with van der Waals surface area (Å²) in [4.78, 5) is 18.7. The molecule has 22 heavy (non-hydrogen) atoms. The fourth-order valence-corrected chi connectivity index (χ4v) is 3.73. The predicted molar refractivity (Wildman–Crippen MR) is 88.4 cm³/mol. The number of amides is 1. The molecule has 0 radical (unpaired) electrons. The van der Waals surface area contributed by atoms with Crippen LogP contribution in [0, 0.1) is 5.82 Å². The zero-order valence-corrected chi connectivity index (χ0v) is 14.2. The highest BCUT2D eigenvalue weighted by molar-refractivity contribution is 9.10. The van der Waals surface area contributed by atoms with Crippen LogP contribution in [0.2, 0.25) is 0 Å². The molecule has 1 atom stereocenters. The van der Waals surface area contributed by atoms with Gasteiger partial charge < -0.3 is 10.2 Å². The number of aromatic nitrogens is 1. The van der Waals surface area contributed by atoms with Gasteiger partial charge in [-0.25, -0.2) is 9.37 Å². The van der Waals surface area contributed by atoms with Crippen LogP contribution in [0.15, 0.2) is 34.2 Å². The van der Waals surface area contributed by atoms with Crippen LogP contribution >= 0.6 is 27.3 Å². The minimum absolute atomic E-state index is 0.0768. The van der Waals surface area contributed by atoms with Crippen LogP contribution in [0.4, 0.5) is 9.52 Å². The van der Waals surface area contributed by atoms with Crippen LogP contribution in [0.5, 0.6) is 0 Å². The highest BCUT2D eigenvalue weighted by Gasteiger charge is 2.32. The van der Waals surface area contributed by atoms with Gasteiger partial charge in [-0.15, -0.1) is 11.3 Å². The fraction of sp³-hybridized carbons (Fsp3) is 0.333. The molecule has 3 rings (SSSR count). The van der Waals surface area contributed by atoms with Crippen molar-refractivity contribution in [2.24, 2.45) is 0 Å². The summed E-state index contributed by atoms with van der Waals surface area (Å²) >= 11 is 4.84. The molecule has 4 nitrogen and oxygen atoms in total. The number of anilines is 1. The average molecular weight is 384 g/mol. The topological polar surface area (TPSA) is 45.2 Å². The first-order valence-electron chi connectivity index (χ1n) is 7.03. The Labute approximate surface area is 140 Å². The number of carbonyl (C=O) groups excluding carboxylic acids is 1. The van der Waals surface area contributed by atoms with Gasteiger partial charge >= 0.3 is 0 Å². The normalized spacial score (nSPS) is 17.7. The van der Waals surface area contributed by atoms with E-state index in [9.17, 15) is 9.18 Å². The maximum absolute atomic E-state index is 13.7. The van der Waals surface area contributed by atoms with Crippen molar-refractivity contribution < 1.29 is 9.18 Å². The van der Waals surface area contributed by atoms with Crippen molar-refractivity contribution in [3.05, 3.63) is 45.6 Å². The molecule has 1 amide bonds. The number of rotatable bonds is 4. The van der Waals surface area contributed by atoms with Crippen LogP contribution in [-0.4, -0.2) is 23.5 Å². The molecule has 1 aliphatic rings. The van der Waals surface area contributed by atoms with Gasteiger partial charge in [-0.1, -0.05) is 15.9 Å². The van der Waals surface area contributed by atoms with Crippen LogP contribution in [0.3, 0.4) is 0 Å². The molecule has 2 heterocycles. The second kappa shape index (κ2) is 6.75. The van der Waals surface area contributed by atoms with Gasteiger partial charge in [0, 0.05) is 34.7 Å². The number of nitrogens with one attached hydrogen (secondary N) is 1. The Hall–Kier alpha value is -1.47. The smallest absolute Gasteiger partial charge is 0.243 e. The molecule has 1 fully saturated rings. The minimum Gasteiger partial charge on any atom is -0.350 e. The van der Waals surface area contributed by atoms with Crippen LogP contribution < -0.4 is 10.2 Å². The Morgan fingerprint density at radius 1 is 1.55 bits per heavy atom. The predicted octanol–water partition coefficient (Wildman–Crippen LogP) is 3.33. The second-order valence-corrected chi connectivity index (χ2v) is 6.91. The third-order valence-electron chi connectivity index (χ3n) is 3.68. The molecule has 116 valence electrons. The van der Waals surface area contributed by atoms with Crippen LogP contribution in [0.25, 0.3) is 0 Å². The van der Waals surface area contributed by atoms with Crippen molar-refractivity contribution >= 4 is 38.3 Å². The van der Waals surface area contributed by atoms with Gasteiger partial charge in [-0.2, -0.15) is 0 Å². The number of carbonyl (C=O) groups is 1. The van der Waals surface area contributed by atoms with E-state index in [0.717, 1.165) is 29.0 Å². The average Bonchev–Trinajstić information content (AvgIpc) is 3.17. The summed E-state index contributed by atoms with van der Waals surface area (Å²) in [7, 11) is 0. The molecule has 1 aromatic heterocycles.